The minimum atomic E-state index is -0.575. The standard InChI is InChI=1S/C14H14N4O3S/c19-13-9(2-1-3-12(13)18(20)21)7-17-5-4-11-10(8-17)6-15-14(22)16-11/h1-3,6,19H,4-5,7-8H2,(H,15,16,22). The first-order chi connectivity index (χ1) is 10.5. The third-order valence-electron chi connectivity index (χ3n) is 3.74. The van der Waals surface area contributed by atoms with Gasteiger partial charge in [0, 0.05) is 55.1 Å². The van der Waals surface area contributed by atoms with Gasteiger partial charge in [-0.15, -0.1) is 0 Å². The van der Waals surface area contributed by atoms with Gasteiger partial charge in [-0.25, -0.2) is 4.98 Å². The lowest BCUT2D eigenvalue weighted by atomic mass is 10.1. The average molecular weight is 318 g/mol. The second kappa shape index (κ2) is 5.82. The molecule has 0 saturated carbocycles. The highest BCUT2D eigenvalue weighted by Gasteiger charge is 2.21. The zero-order valence-corrected chi connectivity index (χ0v) is 12.5. The van der Waals surface area contributed by atoms with E-state index in [4.69, 9.17) is 12.2 Å². The number of rotatable bonds is 3. The molecule has 0 spiro atoms. The number of nitro benzene ring substituents is 1. The molecule has 22 heavy (non-hydrogen) atoms. The van der Waals surface area contributed by atoms with Crippen LogP contribution in [0, 0.1) is 14.9 Å². The molecular weight excluding hydrogens is 304 g/mol. The van der Waals surface area contributed by atoms with Crippen LogP contribution in [-0.4, -0.2) is 31.4 Å². The molecule has 2 N–H and O–H groups in total. The summed E-state index contributed by atoms with van der Waals surface area (Å²) < 4.78 is 0.475. The van der Waals surface area contributed by atoms with Gasteiger partial charge >= 0.3 is 5.69 Å². The first-order valence-electron chi connectivity index (χ1n) is 6.79. The van der Waals surface area contributed by atoms with Crippen LogP contribution in [0.25, 0.3) is 0 Å². The molecule has 0 aliphatic carbocycles. The Kier molecular flexibility index (Phi) is 3.86. The van der Waals surface area contributed by atoms with Crippen molar-refractivity contribution >= 4 is 17.9 Å². The minimum absolute atomic E-state index is 0.260. The third-order valence-corrected chi connectivity index (χ3v) is 3.95. The van der Waals surface area contributed by atoms with Crippen molar-refractivity contribution in [1.82, 2.24) is 14.9 Å². The van der Waals surface area contributed by atoms with Crippen LogP contribution in [-0.2, 0) is 19.5 Å². The molecular formula is C14H14N4O3S. The normalized spacial score (nSPS) is 14.5. The number of para-hydroxylation sites is 1. The van der Waals surface area contributed by atoms with Crippen molar-refractivity contribution in [3.8, 4) is 5.75 Å². The van der Waals surface area contributed by atoms with E-state index in [1.165, 1.54) is 6.07 Å². The van der Waals surface area contributed by atoms with Crippen molar-refractivity contribution in [1.29, 1.82) is 0 Å². The topological polar surface area (TPSA) is 95.3 Å². The molecule has 0 amide bonds. The summed E-state index contributed by atoms with van der Waals surface area (Å²) >= 11 is 5.01. The summed E-state index contributed by atoms with van der Waals surface area (Å²) in [4.78, 5) is 19.6. The summed E-state index contributed by atoms with van der Waals surface area (Å²) in [5.41, 5.74) is 2.43. The van der Waals surface area contributed by atoms with Gasteiger partial charge < -0.3 is 10.1 Å². The van der Waals surface area contributed by atoms with Crippen LogP contribution in [0.2, 0.25) is 0 Å². The lowest BCUT2D eigenvalue weighted by Crippen LogP contribution is -2.30. The molecule has 1 aliphatic heterocycles. The summed E-state index contributed by atoms with van der Waals surface area (Å²) in [5, 5.41) is 20.9. The molecule has 0 unspecified atom stereocenters. The van der Waals surface area contributed by atoms with Gasteiger partial charge in [0.2, 0.25) is 0 Å². The van der Waals surface area contributed by atoms with Gasteiger partial charge in [0.1, 0.15) is 0 Å². The molecule has 2 heterocycles. The van der Waals surface area contributed by atoms with Gasteiger partial charge in [-0.2, -0.15) is 0 Å². The lowest BCUT2D eigenvalue weighted by molar-refractivity contribution is -0.385. The molecule has 1 aromatic heterocycles. The Balaban J connectivity index is 1.81. The summed E-state index contributed by atoms with van der Waals surface area (Å²) in [5.74, 6) is -0.260. The van der Waals surface area contributed by atoms with E-state index in [0.29, 0.717) is 23.4 Å². The van der Waals surface area contributed by atoms with Crippen molar-refractivity contribution in [2.24, 2.45) is 0 Å². The Hall–Kier alpha value is -2.32. The summed E-state index contributed by atoms with van der Waals surface area (Å²) in [6.45, 7) is 1.89. The van der Waals surface area contributed by atoms with E-state index in [0.717, 1.165) is 24.2 Å². The highest BCUT2D eigenvalue weighted by molar-refractivity contribution is 7.71. The number of hydrogen-bond donors (Lipinski definition) is 2. The second-order valence-corrected chi connectivity index (χ2v) is 5.58. The van der Waals surface area contributed by atoms with Gasteiger partial charge in [0.25, 0.3) is 0 Å². The Bertz CT molecular complexity index is 790. The molecule has 0 bridgehead atoms. The number of aromatic hydroxyl groups is 1. The number of aromatic nitrogens is 2. The Morgan fingerprint density at radius 2 is 2.32 bits per heavy atom. The van der Waals surface area contributed by atoms with E-state index in [9.17, 15) is 15.2 Å². The van der Waals surface area contributed by atoms with Gasteiger partial charge in [-0.05, 0) is 12.2 Å². The number of aromatic amines is 1. The highest BCUT2D eigenvalue weighted by atomic mass is 32.1. The predicted molar refractivity (Wildman–Crippen MR) is 82.0 cm³/mol. The van der Waals surface area contributed by atoms with Crippen molar-refractivity contribution in [3.05, 3.63) is 56.1 Å². The van der Waals surface area contributed by atoms with E-state index < -0.39 is 4.92 Å². The fraction of sp³-hybridized carbons (Fsp3) is 0.286. The number of fused-ring (bicyclic) bond motifs is 1. The van der Waals surface area contributed by atoms with Gasteiger partial charge in [0.15, 0.2) is 10.5 Å². The maximum absolute atomic E-state index is 10.9. The molecule has 3 rings (SSSR count). The molecule has 1 aromatic carbocycles. The van der Waals surface area contributed by atoms with Crippen LogP contribution < -0.4 is 0 Å². The van der Waals surface area contributed by atoms with Gasteiger partial charge in [-0.1, -0.05) is 12.1 Å². The number of benzene rings is 1. The molecule has 7 nitrogen and oxygen atoms in total. The SMILES string of the molecule is O=[N+]([O-])c1cccc(CN2CCc3[nH]c(=S)ncc3C2)c1O. The van der Waals surface area contributed by atoms with Crippen LogP contribution in [0.15, 0.2) is 24.4 Å². The Labute approximate surface area is 131 Å². The molecule has 0 radical (unpaired) electrons. The van der Waals surface area contributed by atoms with Crippen molar-refractivity contribution < 1.29 is 10.0 Å². The maximum atomic E-state index is 10.9. The van der Waals surface area contributed by atoms with Gasteiger partial charge in [0.05, 0.1) is 4.92 Å². The van der Waals surface area contributed by atoms with Crippen LogP contribution in [0.5, 0.6) is 5.75 Å². The van der Waals surface area contributed by atoms with Crippen LogP contribution >= 0.6 is 12.2 Å². The second-order valence-electron chi connectivity index (χ2n) is 5.19. The Morgan fingerprint density at radius 3 is 3.09 bits per heavy atom. The maximum Gasteiger partial charge on any atom is 0.311 e. The first kappa shape index (κ1) is 14.6. The van der Waals surface area contributed by atoms with E-state index in [1.807, 2.05) is 0 Å². The number of nitrogens with zero attached hydrogens (tertiary/aromatic N) is 3. The Morgan fingerprint density at radius 1 is 1.50 bits per heavy atom. The van der Waals surface area contributed by atoms with Crippen LogP contribution in [0.1, 0.15) is 16.8 Å². The predicted octanol–water partition coefficient (Wildman–Crippen LogP) is 2.31. The highest BCUT2D eigenvalue weighted by Crippen LogP contribution is 2.31. The zero-order valence-electron chi connectivity index (χ0n) is 11.7. The average Bonchev–Trinajstić information content (AvgIpc) is 2.49. The zero-order chi connectivity index (χ0) is 15.7. The number of H-pyrrole nitrogens is 1. The van der Waals surface area contributed by atoms with Crippen LogP contribution in [0.4, 0.5) is 5.69 Å². The van der Waals surface area contributed by atoms with E-state index in [2.05, 4.69) is 14.9 Å². The number of nitrogens with one attached hydrogen (secondary N) is 1. The molecule has 114 valence electrons. The van der Waals surface area contributed by atoms with E-state index in [-0.39, 0.29) is 11.4 Å². The number of nitro groups is 1. The first-order valence-corrected chi connectivity index (χ1v) is 7.20. The summed E-state index contributed by atoms with van der Waals surface area (Å²) in [6, 6.07) is 4.59. The fourth-order valence-corrected chi connectivity index (χ4v) is 2.81. The van der Waals surface area contributed by atoms with Crippen molar-refractivity contribution in [2.75, 3.05) is 6.54 Å². The quantitative estimate of drug-likeness (QED) is 0.512. The smallest absolute Gasteiger partial charge is 0.311 e. The largest absolute Gasteiger partial charge is 0.502 e. The van der Waals surface area contributed by atoms with E-state index in [1.54, 1.807) is 18.3 Å². The molecule has 1 aliphatic rings. The summed E-state index contributed by atoms with van der Waals surface area (Å²) in [7, 11) is 0. The van der Waals surface area contributed by atoms with Crippen molar-refractivity contribution in [2.45, 2.75) is 19.5 Å². The minimum Gasteiger partial charge on any atom is -0.502 e. The molecule has 2 aromatic rings. The summed E-state index contributed by atoms with van der Waals surface area (Å²) in [6.07, 6.45) is 2.56. The molecule has 0 saturated heterocycles. The van der Waals surface area contributed by atoms with Crippen molar-refractivity contribution in [3.63, 3.8) is 0 Å². The van der Waals surface area contributed by atoms with Crippen LogP contribution in [0.3, 0.4) is 0 Å². The number of phenols is 1. The third kappa shape index (κ3) is 2.83. The van der Waals surface area contributed by atoms with E-state index >= 15 is 0 Å². The lowest BCUT2D eigenvalue weighted by Gasteiger charge is -2.28. The molecule has 8 heteroatoms. The monoisotopic (exact) mass is 318 g/mol. The fourth-order valence-electron chi connectivity index (χ4n) is 2.63. The molecule has 0 atom stereocenters. The number of phenolic OH excluding ortho intramolecular Hbond substituents is 1. The molecule has 0 fully saturated rings. The van der Waals surface area contributed by atoms with Gasteiger partial charge in [-0.3, -0.25) is 15.0 Å². The number of hydrogen-bond acceptors (Lipinski definition) is 6.